The highest BCUT2D eigenvalue weighted by Gasteiger charge is 2.37. The second-order valence-electron chi connectivity index (χ2n) is 10.2. The quantitative estimate of drug-likeness (QED) is 0.163. The minimum absolute atomic E-state index is 0.227. The first-order valence-electron chi connectivity index (χ1n) is 14.7. The molecule has 0 bridgehead atoms. The van der Waals surface area contributed by atoms with E-state index in [1.54, 1.807) is 24.0 Å². The van der Waals surface area contributed by atoms with E-state index in [2.05, 4.69) is 0 Å². The third-order valence-electron chi connectivity index (χ3n) is 7.03. The Morgan fingerprint density at radius 3 is 2.09 bits per heavy atom. The Kier molecular flexibility index (Phi) is 11.8. The van der Waals surface area contributed by atoms with Crippen LogP contribution in [-0.2, 0) is 20.7 Å². The molecule has 3 aromatic rings. The molecule has 1 aliphatic heterocycles. The van der Waals surface area contributed by atoms with Gasteiger partial charge in [0.2, 0.25) is 0 Å². The zero-order chi connectivity index (χ0) is 30.4. The maximum atomic E-state index is 13.2. The van der Waals surface area contributed by atoms with E-state index in [0.29, 0.717) is 25.6 Å². The number of carbonyl (C=O) groups is 3. The summed E-state index contributed by atoms with van der Waals surface area (Å²) in [6.45, 7) is 4.14. The summed E-state index contributed by atoms with van der Waals surface area (Å²) in [5, 5.41) is 0. The van der Waals surface area contributed by atoms with Gasteiger partial charge in [-0.05, 0) is 80.6 Å². The fraction of sp³-hybridized carbons (Fsp3) is 0.382. The number of rotatable bonds is 16. The van der Waals surface area contributed by atoms with Crippen molar-refractivity contribution in [3.63, 3.8) is 0 Å². The number of hydrogen-bond donors (Lipinski definition) is 0. The van der Waals surface area contributed by atoms with Crippen LogP contribution in [0.3, 0.4) is 0 Å². The lowest BCUT2D eigenvalue weighted by atomic mass is 9.98. The van der Waals surface area contributed by atoms with Crippen LogP contribution in [0.1, 0.15) is 52.5 Å². The molecular formula is C34H39NO8. The molecular weight excluding hydrogens is 550 g/mol. The van der Waals surface area contributed by atoms with Crippen molar-refractivity contribution in [2.45, 2.75) is 32.6 Å². The number of amides is 1. The minimum Gasteiger partial charge on any atom is -0.494 e. The highest BCUT2D eigenvalue weighted by molar-refractivity contribution is 6.01. The molecule has 43 heavy (non-hydrogen) atoms. The largest absolute Gasteiger partial charge is 0.494 e. The first-order chi connectivity index (χ1) is 21.0. The van der Waals surface area contributed by atoms with Gasteiger partial charge in [-0.25, -0.2) is 4.79 Å². The second kappa shape index (κ2) is 16.2. The summed E-state index contributed by atoms with van der Waals surface area (Å²) >= 11 is 0. The van der Waals surface area contributed by atoms with Gasteiger partial charge in [0.15, 0.2) is 0 Å². The number of para-hydroxylation sites is 1. The van der Waals surface area contributed by atoms with Crippen LogP contribution in [-0.4, -0.2) is 69.4 Å². The molecule has 1 aliphatic rings. The van der Waals surface area contributed by atoms with Crippen LogP contribution < -0.4 is 14.2 Å². The van der Waals surface area contributed by atoms with Gasteiger partial charge in [0.25, 0.3) is 5.91 Å². The fourth-order valence-corrected chi connectivity index (χ4v) is 4.61. The normalized spacial score (nSPS) is 12.7. The molecule has 0 radical (unpaired) electrons. The number of benzene rings is 3. The minimum atomic E-state index is -0.511. The van der Waals surface area contributed by atoms with Crippen LogP contribution in [0.15, 0.2) is 72.8 Å². The first kappa shape index (κ1) is 31.4. The van der Waals surface area contributed by atoms with Crippen LogP contribution in [0.2, 0.25) is 0 Å². The van der Waals surface area contributed by atoms with Gasteiger partial charge in [-0.1, -0.05) is 30.3 Å². The van der Waals surface area contributed by atoms with Gasteiger partial charge in [0.05, 0.1) is 50.6 Å². The lowest BCUT2D eigenvalue weighted by Gasteiger charge is -2.37. The molecule has 0 N–H and O–H groups in total. The van der Waals surface area contributed by atoms with Gasteiger partial charge in [-0.2, -0.15) is 0 Å². The summed E-state index contributed by atoms with van der Waals surface area (Å²) < 4.78 is 27.4. The molecule has 0 atom stereocenters. The highest BCUT2D eigenvalue weighted by atomic mass is 16.5. The van der Waals surface area contributed by atoms with E-state index in [9.17, 15) is 14.4 Å². The van der Waals surface area contributed by atoms with Crippen LogP contribution in [0.5, 0.6) is 17.2 Å². The third kappa shape index (κ3) is 9.23. The molecule has 0 aromatic heterocycles. The van der Waals surface area contributed by atoms with E-state index in [0.717, 1.165) is 42.7 Å². The summed E-state index contributed by atoms with van der Waals surface area (Å²) in [7, 11) is 1.33. The zero-order valence-electron chi connectivity index (χ0n) is 24.8. The smallest absolute Gasteiger partial charge is 0.338 e. The topological polar surface area (TPSA) is 101 Å². The molecule has 0 spiro atoms. The number of unbranched alkanes of at least 4 members (excludes halogenated alkanes) is 1. The molecule has 9 nitrogen and oxygen atoms in total. The van der Waals surface area contributed by atoms with Crippen LogP contribution >= 0.6 is 0 Å². The van der Waals surface area contributed by atoms with E-state index >= 15 is 0 Å². The van der Waals surface area contributed by atoms with Gasteiger partial charge in [-0.3, -0.25) is 9.59 Å². The number of hydrogen-bond acceptors (Lipinski definition) is 8. The number of esters is 2. The molecule has 0 saturated carbocycles. The number of aryl methyl sites for hydroxylation is 1. The Labute approximate surface area is 252 Å². The summed E-state index contributed by atoms with van der Waals surface area (Å²) in [6.07, 6.45) is 3.33. The Balaban J connectivity index is 1.22. The van der Waals surface area contributed by atoms with Crippen LogP contribution in [0.25, 0.3) is 0 Å². The predicted molar refractivity (Wildman–Crippen MR) is 161 cm³/mol. The number of carbonyl (C=O) groups excluding carboxylic acids is 3. The van der Waals surface area contributed by atoms with Crippen molar-refractivity contribution < 1.29 is 38.1 Å². The lowest BCUT2D eigenvalue weighted by molar-refractivity contribution is -0.149. The number of likely N-dealkylation sites (tertiary alicyclic amines) is 1. The van der Waals surface area contributed by atoms with Gasteiger partial charge in [0.1, 0.15) is 17.2 Å². The Hall–Kier alpha value is -4.53. The van der Waals surface area contributed by atoms with Crippen molar-refractivity contribution >= 4 is 17.8 Å². The third-order valence-corrected chi connectivity index (χ3v) is 7.03. The molecule has 4 rings (SSSR count). The number of ether oxygens (including phenoxy) is 5. The molecule has 1 heterocycles. The van der Waals surface area contributed by atoms with Crippen LogP contribution in [0, 0.1) is 5.92 Å². The number of methoxy groups -OCH3 is 1. The van der Waals surface area contributed by atoms with Crippen molar-refractivity contribution in [1.82, 2.24) is 4.90 Å². The summed E-state index contributed by atoms with van der Waals surface area (Å²) in [5.41, 5.74) is 1.68. The van der Waals surface area contributed by atoms with Gasteiger partial charge < -0.3 is 28.6 Å². The van der Waals surface area contributed by atoms with Crippen molar-refractivity contribution in [3.05, 3.63) is 89.5 Å². The summed E-state index contributed by atoms with van der Waals surface area (Å²) in [6, 6.07) is 22.5. The molecule has 1 fully saturated rings. The number of nitrogens with zero attached hydrogens (tertiary/aromatic N) is 1. The maximum absolute atomic E-state index is 13.2. The van der Waals surface area contributed by atoms with Crippen molar-refractivity contribution in [3.8, 4) is 17.2 Å². The average Bonchev–Trinajstić information content (AvgIpc) is 3.01. The Bertz CT molecular complexity index is 1340. The van der Waals surface area contributed by atoms with E-state index < -0.39 is 5.97 Å². The SMILES string of the molecule is CCOC(=O)c1ccc(OCCCc2ccc(OCCCCOc3ccccc3)cc2)c(C(=O)N2CC(C(=O)OC)C2)c1. The van der Waals surface area contributed by atoms with E-state index in [1.165, 1.54) is 13.2 Å². The summed E-state index contributed by atoms with van der Waals surface area (Å²) in [4.78, 5) is 38.8. The average molecular weight is 590 g/mol. The van der Waals surface area contributed by atoms with Gasteiger partial charge in [0, 0.05) is 13.1 Å². The van der Waals surface area contributed by atoms with E-state index in [-0.39, 0.29) is 48.6 Å². The monoisotopic (exact) mass is 589 g/mol. The van der Waals surface area contributed by atoms with Crippen molar-refractivity contribution in [1.29, 1.82) is 0 Å². The predicted octanol–water partition coefficient (Wildman–Crippen LogP) is 5.36. The molecule has 1 amide bonds. The molecule has 0 aliphatic carbocycles. The van der Waals surface area contributed by atoms with E-state index in [1.807, 2.05) is 54.6 Å². The highest BCUT2D eigenvalue weighted by Crippen LogP contribution is 2.27. The van der Waals surface area contributed by atoms with E-state index in [4.69, 9.17) is 23.7 Å². The zero-order valence-corrected chi connectivity index (χ0v) is 24.8. The maximum Gasteiger partial charge on any atom is 0.338 e. The first-order valence-corrected chi connectivity index (χ1v) is 14.7. The molecule has 1 saturated heterocycles. The fourth-order valence-electron chi connectivity index (χ4n) is 4.61. The standard InChI is InChI=1S/C34H39NO8/c1-3-40-34(38)26-15-18-31(30(22-26)32(36)35-23-27(24-35)33(37)39-2)43-21-9-10-25-13-16-29(17-14-25)42-20-8-7-19-41-28-11-5-4-6-12-28/h4-6,11-18,22,27H,3,7-10,19-21,23-24H2,1-2H3. The second-order valence-corrected chi connectivity index (χ2v) is 10.2. The molecule has 0 unspecified atom stereocenters. The molecule has 228 valence electrons. The lowest BCUT2D eigenvalue weighted by Crippen LogP contribution is -2.53. The Morgan fingerprint density at radius 1 is 0.791 bits per heavy atom. The summed E-state index contributed by atoms with van der Waals surface area (Å²) in [5.74, 6) is 0.593. The van der Waals surface area contributed by atoms with Gasteiger partial charge in [-0.15, -0.1) is 0 Å². The van der Waals surface area contributed by atoms with Gasteiger partial charge >= 0.3 is 11.9 Å². The van der Waals surface area contributed by atoms with Crippen molar-refractivity contribution in [2.75, 3.05) is 46.6 Å². The van der Waals surface area contributed by atoms with Crippen LogP contribution in [0.4, 0.5) is 0 Å². The molecule has 9 heteroatoms. The van der Waals surface area contributed by atoms with Crippen molar-refractivity contribution in [2.24, 2.45) is 5.92 Å². The molecule has 3 aromatic carbocycles. The Morgan fingerprint density at radius 2 is 1.44 bits per heavy atom.